The van der Waals surface area contributed by atoms with Crippen molar-refractivity contribution in [2.75, 3.05) is 19.8 Å². The summed E-state index contributed by atoms with van der Waals surface area (Å²) in [5.74, 6) is 0.642. The average Bonchev–Trinajstić information content (AvgIpc) is 2.13. The second kappa shape index (κ2) is 9.47. The molecule has 0 saturated heterocycles. The molecule has 86 valence electrons. The third-order valence-corrected chi connectivity index (χ3v) is 2.09. The normalized spacial score (nSPS) is 13.5. The van der Waals surface area contributed by atoms with Crippen molar-refractivity contribution in [3.8, 4) is 0 Å². The van der Waals surface area contributed by atoms with Gasteiger partial charge >= 0.3 is 0 Å². The smallest absolute Gasteiger partial charge is 0.0619 e. The Morgan fingerprint density at radius 2 is 1.79 bits per heavy atom. The lowest BCUT2D eigenvalue weighted by Crippen LogP contribution is -2.34. The quantitative estimate of drug-likeness (QED) is 0.619. The van der Waals surface area contributed by atoms with E-state index in [0.29, 0.717) is 12.0 Å². The summed E-state index contributed by atoms with van der Waals surface area (Å²) in [5.41, 5.74) is 0. The number of nitrogens with one attached hydrogen (secondary N) is 1. The van der Waals surface area contributed by atoms with E-state index in [1.165, 1.54) is 19.3 Å². The van der Waals surface area contributed by atoms with Crippen LogP contribution in [-0.4, -0.2) is 25.8 Å². The molecule has 0 aliphatic heterocycles. The van der Waals surface area contributed by atoms with Gasteiger partial charge in [-0.25, -0.2) is 0 Å². The van der Waals surface area contributed by atoms with E-state index >= 15 is 0 Å². The van der Waals surface area contributed by atoms with Gasteiger partial charge in [-0.2, -0.15) is 0 Å². The summed E-state index contributed by atoms with van der Waals surface area (Å²) >= 11 is 0. The van der Waals surface area contributed by atoms with Crippen molar-refractivity contribution in [1.82, 2.24) is 5.32 Å². The van der Waals surface area contributed by atoms with Gasteiger partial charge < -0.3 is 10.1 Å². The van der Waals surface area contributed by atoms with Gasteiger partial charge in [0, 0.05) is 12.6 Å². The van der Waals surface area contributed by atoms with Crippen molar-refractivity contribution in [1.29, 1.82) is 0 Å². The van der Waals surface area contributed by atoms with E-state index in [4.69, 9.17) is 4.74 Å². The first kappa shape index (κ1) is 13.9. The van der Waals surface area contributed by atoms with Crippen LogP contribution >= 0.6 is 0 Å². The van der Waals surface area contributed by atoms with Crippen LogP contribution in [0.2, 0.25) is 0 Å². The second-order valence-electron chi connectivity index (χ2n) is 4.37. The van der Waals surface area contributed by atoms with E-state index in [0.717, 1.165) is 19.8 Å². The molecule has 2 nitrogen and oxygen atoms in total. The lowest BCUT2D eigenvalue weighted by atomic mass is 10.2. The van der Waals surface area contributed by atoms with Crippen LogP contribution in [-0.2, 0) is 4.74 Å². The van der Waals surface area contributed by atoms with Gasteiger partial charge in [0.2, 0.25) is 0 Å². The Labute approximate surface area is 89.4 Å². The van der Waals surface area contributed by atoms with E-state index < -0.39 is 0 Å². The van der Waals surface area contributed by atoms with E-state index in [1.54, 1.807) is 0 Å². The molecule has 0 aromatic carbocycles. The second-order valence-corrected chi connectivity index (χ2v) is 4.37. The summed E-state index contributed by atoms with van der Waals surface area (Å²) < 4.78 is 5.64. The molecule has 14 heavy (non-hydrogen) atoms. The molecule has 0 saturated carbocycles. The maximum Gasteiger partial charge on any atom is 0.0619 e. The number of ether oxygens (including phenoxy) is 1. The van der Waals surface area contributed by atoms with Crippen LogP contribution in [0, 0.1) is 5.92 Å². The Morgan fingerprint density at radius 3 is 2.29 bits per heavy atom. The predicted molar refractivity (Wildman–Crippen MR) is 62.6 cm³/mol. The highest BCUT2D eigenvalue weighted by molar-refractivity contribution is 4.64. The molecule has 0 heterocycles. The highest BCUT2D eigenvalue weighted by Crippen LogP contribution is 2.00. The zero-order chi connectivity index (χ0) is 10.8. The molecule has 0 amide bonds. The lowest BCUT2D eigenvalue weighted by molar-refractivity contribution is 0.0879. The predicted octanol–water partition coefficient (Wildman–Crippen LogP) is 2.83. The van der Waals surface area contributed by atoms with Crippen molar-refractivity contribution in [2.45, 2.75) is 53.0 Å². The van der Waals surface area contributed by atoms with Crippen LogP contribution in [0.4, 0.5) is 0 Å². The monoisotopic (exact) mass is 201 g/mol. The van der Waals surface area contributed by atoms with Crippen LogP contribution in [0.1, 0.15) is 47.0 Å². The fourth-order valence-electron chi connectivity index (χ4n) is 1.39. The Morgan fingerprint density at radius 1 is 1.07 bits per heavy atom. The highest BCUT2D eigenvalue weighted by Gasteiger charge is 2.06. The number of hydrogen-bond donors (Lipinski definition) is 1. The summed E-state index contributed by atoms with van der Waals surface area (Å²) in [6, 6.07) is 0.554. The molecule has 1 atom stereocenters. The molecule has 1 N–H and O–H groups in total. The van der Waals surface area contributed by atoms with Crippen molar-refractivity contribution < 1.29 is 4.74 Å². The first-order valence-electron chi connectivity index (χ1n) is 6.01. The summed E-state index contributed by atoms with van der Waals surface area (Å²) in [6.45, 7) is 11.7. The lowest BCUT2D eigenvalue weighted by Gasteiger charge is -2.18. The topological polar surface area (TPSA) is 21.3 Å². The van der Waals surface area contributed by atoms with Crippen LogP contribution in [0.5, 0.6) is 0 Å². The van der Waals surface area contributed by atoms with Gasteiger partial charge in [-0.15, -0.1) is 0 Å². The van der Waals surface area contributed by atoms with Gasteiger partial charge in [0.1, 0.15) is 0 Å². The van der Waals surface area contributed by atoms with E-state index in [2.05, 4.69) is 33.0 Å². The van der Waals surface area contributed by atoms with E-state index in [1.807, 2.05) is 0 Å². The fourth-order valence-corrected chi connectivity index (χ4v) is 1.39. The first-order chi connectivity index (χ1) is 6.70. The molecule has 2 heteroatoms. The van der Waals surface area contributed by atoms with Gasteiger partial charge in [-0.3, -0.25) is 0 Å². The zero-order valence-electron chi connectivity index (χ0n) is 10.3. The first-order valence-corrected chi connectivity index (χ1v) is 6.01. The molecule has 0 fully saturated rings. The maximum atomic E-state index is 5.64. The van der Waals surface area contributed by atoms with Crippen LogP contribution in [0.15, 0.2) is 0 Å². The summed E-state index contributed by atoms with van der Waals surface area (Å²) in [6.07, 6.45) is 3.65. The minimum absolute atomic E-state index is 0.554. The summed E-state index contributed by atoms with van der Waals surface area (Å²) in [7, 11) is 0. The third-order valence-electron chi connectivity index (χ3n) is 2.09. The van der Waals surface area contributed by atoms with Gasteiger partial charge in [0.05, 0.1) is 6.61 Å². The molecular weight excluding hydrogens is 174 g/mol. The molecule has 1 unspecified atom stereocenters. The largest absolute Gasteiger partial charge is 0.380 e. The molecule has 0 rings (SSSR count). The molecule has 0 aliphatic carbocycles. The SMILES string of the molecule is CCCNC(CCC)COCC(C)C. The Balaban J connectivity index is 3.50. The summed E-state index contributed by atoms with van der Waals surface area (Å²) in [4.78, 5) is 0. The van der Waals surface area contributed by atoms with Gasteiger partial charge in [0.15, 0.2) is 0 Å². The zero-order valence-corrected chi connectivity index (χ0v) is 10.3. The number of rotatable bonds is 9. The minimum atomic E-state index is 0.554. The van der Waals surface area contributed by atoms with Crippen LogP contribution in [0.25, 0.3) is 0 Å². The number of hydrogen-bond acceptors (Lipinski definition) is 2. The van der Waals surface area contributed by atoms with Crippen molar-refractivity contribution in [3.05, 3.63) is 0 Å². The average molecular weight is 201 g/mol. The fraction of sp³-hybridized carbons (Fsp3) is 1.00. The van der Waals surface area contributed by atoms with Crippen molar-refractivity contribution >= 4 is 0 Å². The van der Waals surface area contributed by atoms with Crippen LogP contribution in [0.3, 0.4) is 0 Å². The standard InChI is InChI=1S/C12H27NO/c1-5-7-12(13-8-6-2)10-14-9-11(3)4/h11-13H,5-10H2,1-4H3. The summed E-state index contributed by atoms with van der Waals surface area (Å²) in [5, 5.41) is 3.52. The molecule has 0 spiro atoms. The van der Waals surface area contributed by atoms with Gasteiger partial charge in [0.25, 0.3) is 0 Å². The molecule has 0 radical (unpaired) electrons. The molecule has 0 bridgehead atoms. The van der Waals surface area contributed by atoms with Crippen molar-refractivity contribution in [3.63, 3.8) is 0 Å². The van der Waals surface area contributed by atoms with E-state index in [-0.39, 0.29) is 0 Å². The minimum Gasteiger partial charge on any atom is -0.380 e. The molecular formula is C12H27NO. The molecule has 0 aromatic rings. The molecule has 0 aromatic heterocycles. The Hall–Kier alpha value is -0.0800. The maximum absolute atomic E-state index is 5.64. The van der Waals surface area contributed by atoms with E-state index in [9.17, 15) is 0 Å². The Kier molecular flexibility index (Phi) is 9.42. The van der Waals surface area contributed by atoms with Gasteiger partial charge in [-0.05, 0) is 25.3 Å². The third kappa shape index (κ3) is 8.52. The van der Waals surface area contributed by atoms with Gasteiger partial charge in [-0.1, -0.05) is 34.1 Å². The highest BCUT2D eigenvalue weighted by atomic mass is 16.5. The van der Waals surface area contributed by atoms with Crippen LogP contribution < -0.4 is 5.32 Å². The van der Waals surface area contributed by atoms with Crippen molar-refractivity contribution in [2.24, 2.45) is 5.92 Å². The molecule has 0 aliphatic rings. The Bertz CT molecular complexity index is 115.